The predicted molar refractivity (Wildman–Crippen MR) is 67.4 cm³/mol. The first kappa shape index (κ1) is 12.2. The van der Waals surface area contributed by atoms with Crippen LogP contribution in [0, 0.1) is 5.92 Å². The maximum absolute atomic E-state index is 5.35. The van der Waals surface area contributed by atoms with Gasteiger partial charge >= 0.3 is 0 Å². The van der Waals surface area contributed by atoms with Crippen molar-refractivity contribution in [1.82, 2.24) is 10.1 Å². The molecular weight excluding hydrogens is 228 g/mol. The highest BCUT2D eigenvalue weighted by atomic mass is 16.5. The van der Waals surface area contributed by atoms with Crippen LogP contribution in [0.2, 0.25) is 0 Å². The quantitative estimate of drug-likeness (QED) is 0.824. The van der Waals surface area contributed by atoms with E-state index in [0.29, 0.717) is 5.92 Å². The summed E-state index contributed by atoms with van der Waals surface area (Å²) in [6.45, 7) is 1.58. The molecule has 0 spiro atoms. The van der Waals surface area contributed by atoms with Gasteiger partial charge in [0.2, 0.25) is 5.89 Å². The molecule has 0 N–H and O–H groups in total. The lowest BCUT2D eigenvalue weighted by atomic mass is 9.86. The molecule has 0 unspecified atom stereocenters. The first-order chi connectivity index (χ1) is 8.92. The normalized spacial score (nSPS) is 25.7. The number of aryl methyl sites for hydroxylation is 1. The van der Waals surface area contributed by atoms with E-state index < -0.39 is 0 Å². The van der Waals surface area contributed by atoms with Crippen LogP contribution in [0.15, 0.2) is 4.52 Å². The molecule has 1 atom stereocenters. The number of rotatable bonds is 4. The average Bonchev–Trinajstić information content (AvgIpc) is 3.08. The smallest absolute Gasteiger partial charge is 0.226 e. The van der Waals surface area contributed by atoms with Crippen LogP contribution in [0.3, 0.4) is 0 Å². The Bertz CT molecular complexity index is 366. The molecular formula is C14H22N2O2. The highest BCUT2D eigenvalue weighted by Gasteiger charge is 2.23. The van der Waals surface area contributed by atoms with Gasteiger partial charge in [-0.1, -0.05) is 37.3 Å². The molecule has 3 rings (SSSR count). The van der Waals surface area contributed by atoms with Gasteiger partial charge in [-0.3, -0.25) is 0 Å². The molecule has 4 nitrogen and oxygen atoms in total. The van der Waals surface area contributed by atoms with Gasteiger partial charge in [-0.2, -0.15) is 4.98 Å². The third kappa shape index (κ3) is 2.91. The molecule has 0 bridgehead atoms. The molecule has 0 aromatic carbocycles. The van der Waals surface area contributed by atoms with E-state index in [1.165, 1.54) is 38.5 Å². The first-order valence-electron chi connectivity index (χ1n) is 7.32. The summed E-state index contributed by atoms with van der Waals surface area (Å²) >= 11 is 0. The zero-order chi connectivity index (χ0) is 12.2. The van der Waals surface area contributed by atoms with Crippen molar-refractivity contribution < 1.29 is 9.26 Å². The Morgan fingerprint density at radius 3 is 2.78 bits per heavy atom. The summed E-state index contributed by atoms with van der Waals surface area (Å²) in [5.74, 6) is 2.91. The molecule has 2 heterocycles. The lowest BCUT2D eigenvalue weighted by molar-refractivity contribution is 0.192. The van der Waals surface area contributed by atoms with Crippen LogP contribution in [0.25, 0.3) is 0 Å². The Labute approximate surface area is 108 Å². The van der Waals surface area contributed by atoms with Crippen molar-refractivity contribution in [2.45, 2.75) is 57.3 Å². The van der Waals surface area contributed by atoms with Crippen LogP contribution in [-0.2, 0) is 11.2 Å². The van der Waals surface area contributed by atoms with Crippen molar-refractivity contribution in [3.63, 3.8) is 0 Å². The fourth-order valence-corrected chi connectivity index (χ4v) is 3.08. The number of hydrogen-bond donors (Lipinski definition) is 0. The van der Waals surface area contributed by atoms with Gasteiger partial charge in [-0.25, -0.2) is 0 Å². The first-order valence-corrected chi connectivity index (χ1v) is 7.32. The van der Waals surface area contributed by atoms with Crippen LogP contribution < -0.4 is 0 Å². The van der Waals surface area contributed by atoms with Crippen LogP contribution in [-0.4, -0.2) is 23.4 Å². The van der Waals surface area contributed by atoms with Gasteiger partial charge < -0.3 is 9.26 Å². The molecule has 1 aromatic heterocycles. The number of aromatic nitrogens is 2. The predicted octanol–water partition coefficient (Wildman–Crippen LogP) is 3.09. The summed E-state index contributed by atoms with van der Waals surface area (Å²) in [7, 11) is 0. The van der Waals surface area contributed by atoms with Crippen LogP contribution in [0.4, 0.5) is 0 Å². The summed E-state index contributed by atoms with van der Waals surface area (Å²) in [6, 6.07) is 0. The summed E-state index contributed by atoms with van der Waals surface area (Å²) < 4.78 is 10.7. The SMILES string of the molecule is C1CCC(CCc2nc([C@H]3CCOC3)no2)CC1. The summed E-state index contributed by atoms with van der Waals surface area (Å²) in [5, 5.41) is 4.10. The molecule has 18 heavy (non-hydrogen) atoms. The second-order valence-corrected chi connectivity index (χ2v) is 5.65. The molecule has 2 aliphatic rings. The largest absolute Gasteiger partial charge is 0.381 e. The van der Waals surface area contributed by atoms with Crippen LogP contribution in [0.1, 0.15) is 62.6 Å². The Kier molecular flexibility index (Phi) is 3.93. The van der Waals surface area contributed by atoms with Crippen molar-refractivity contribution in [3.05, 3.63) is 11.7 Å². The lowest BCUT2D eigenvalue weighted by Crippen LogP contribution is -2.07. The highest BCUT2D eigenvalue weighted by molar-refractivity contribution is 4.97. The van der Waals surface area contributed by atoms with Gasteiger partial charge in [-0.05, 0) is 18.8 Å². The van der Waals surface area contributed by atoms with E-state index >= 15 is 0 Å². The van der Waals surface area contributed by atoms with E-state index in [9.17, 15) is 0 Å². The number of nitrogens with zero attached hydrogens (tertiary/aromatic N) is 2. The summed E-state index contributed by atoms with van der Waals surface area (Å²) in [6.07, 6.45) is 10.2. The molecule has 1 saturated heterocycles. The Hall–Kier alpha value is -0.900. The molecule has 1 aliphatic carbocycles. The lowest BCUT2D eigenvalue weighted by Gasteiger charge is -2.20. The molecule has 0 amide bonds. The standard InChI is InChI=1S/C14H22N2O2/c1-2-4-11(5-3-1)6-7-13-15-14(16-18-13)12-8-9-17-10-12/h11-12H,1-10H2/t12-/m0/s1. The van der Waals surface area contributed by atoms with Crippen molar-refractivity contribution in [1.29, 1.82) is 0 Å². The maximum atomic E-state index is 5.35. The zero-order valence-corrected chi connectivity index (χ0v) is 10.9. The number of ether oxygens (including phenoxy) is 1. The monoisotopic (exact) mass is 250 g/mol. The van der Waals surface area contributed by atoms with Crippen molar-refractivity contribution in [3.8, 4) is 0 Å². The minimum absolute atomic E-state index is 0.359. The van der Waals surface area contributed by atoms with Gasteiger partial charge in [0.05, 0.1) is 6.61 Å². The average molecular weight is 250 g/mol. The minimum Gasteiger partial charge on any atom is -0.381 e. The minimum atomic E-state index is 0.359. The second-order valence-electron chi connectivity index (χ2n) is 5.65. The topological polar surface area (TPSA) is 48.2 Å². The van der Waals surface area contributed by atoms with Gasteiger partial charge in [-0.15, -0.1) is 0 Å². The van der Waals surface area contributed by atoms with Crippen molar-refractivity contribution in [2.24, 2.45) is 5.92 Å². The molecule has 4 heteroatoms. The molecule has 1 saturated carbocycles. The van der Waals surface area contributed by atoms with Crippen LogP contribution >= 0.6 is 0 Å². The second kappa shape index (κ2) is 5.83. The molecule has 2 fully saturated rings. The van der Waals surface area contributed by atoms with E-state index in [4.69, 9.17) is 9.26 Å². The van der Waals surface area contributed by atoms with Crippen molar-refractivity contribution >= 4 is 0 Å². The molecule has 1 aromatic rings. The third-order valence-corrected chi connectivity index (χ3v) is 4.27. The molecule has 0 radical (unpaired) electrons. The molecule has 1 aliphatic heterocycles. The summed E-state index contributed by atoms with van der Waals surface area (Å²) in [5.41, 5.74) is 0. The van der Waals surface area contributed by atoms with Gasteiger partial charge in [0.15, 0.2) is 5.82 Å². The van der Waals surface area contributed by atoms with Gasteiger partial charge in [0.1, 0.15) is 0 Å². The zero-order valence-electron chi connectivity index (χ0n) is 10.9. The maximum Gasteiger partial charge on any atom is 0.226 e. The van der Waals surface area contributed by atoms with E-state index in [1.807, 2.05) is 0 Å². The van der Waals surface area contributed by atoms with E-state index in [-0.39, 0.29) is 0 Å². The van der Waals surface area contributed by atoms with Crippen molar-refractivity contribution in [2.75, 3.05) is 13.2 Å². The Morgan fingerprint density at radius 1 is 1.11 bits per heavy atom. The third-order valence-electron chi connectivity index (χ3n) is 4.27. The number of hydrogen-bond acceptors (Lipinski definition) is 4. The highest BCUT2D eigenvalue weighted by Crippen LogP contribution is 2.28. The summed E-state index contributed by atoms with van der Waals surface area (Å²) in [4.78, 5) is 4.52. The fourth-order valence-electron chi connectivity index (χ4n) is 3.08. The van der Waals surface area contributed by atoms with Gasteiger partial charge in [0.25, 0.3) is 0 Å². The van der Waals surface area contributed by atoms with E-state index in [1.54, 1.807) is 0 Å². The fraction of sp³-hybridized carbons (Fsp3) is 0.857. The molecule has 100 valence electrons. The van der Waals surface area contributed by atoms with E-state index in [2.05, 4.69) is 10.1 Å². The Morgan fingerprint density at radius 2 is 2.00 bits per heavy atom. The Balaban J connectivity index is 1.50. The van der Waals surface area contributed by atoms with Gasteiger partial charge in [0, 0.05) is 18.9 Å². The van der Waals surface area contributed by atoms with Crippen LogP contribution in [0.5, 0.6) is 0 Å². The van der Waals surface area contributed by atoms with E-state index in [0.717, 1.165) is 43.7 Å².